The van der Waals surface area contributed by atoms with Crippen molar-refractivity contribution in [1.29, 1.82) is 0 Å². The van der Waals surface area contributed by atoms with Crippen molar-refractivity contribution in [3.63, 3.8) is 0 Å². The fraction of sp³-hybridized carbons (Fsp3) is 0.647. The second-order valence-electron chi connectivity index (χ2n) is 6.79. The van der Waals surface area contributed by atoms with E-state index in [0.717, 1.165) is 19.6 Å². The van der Waals surface area contributed by atoms with Gasteiger partial charge in [-0.2, -0.15) is 0 Å². The third-order valence-corrected chi connectivity index (χ3v) is 5.82. The molecule has 0 bridgehead atoms. The summed E-state index contributed by atoms with van der Waals surface area (Å²) in [7, 11) is 0. The van der Waals surface area contributed by atoms with Gasteiger partial charge in [-0.1, -0.05) is 31.2 Å². The molecule has 1 heterocycles. The number of nitrogens with two attached hydrogens (primary N) is 1. The number of rotatable bonds is 3. The molecule has 0 spiro atoms. The molecule has 104 valence electrons. The van der Waals surface area contributed by atoms with Crippen molar-refractivity contribution in [2.45, 2.75) is 45.1 Å². The fourth-order valence-corrected chi connectivity index (χ4v) is 3.64. The van der Waals surface area contributed by atoms with Crippen LogP contribution < -0.4 is 5.73 Å². The van der Waals surface area contributed by atoms with E-state index in [0.29, 0.717) is 5.41 Å². The SMILES string of the molecule is CC1(C(C)(CN)N2CCc3ccccc3CC2)CC1. The summed E-state index contributed by atoms with van der Waals surface area (Å²) in [5.41, 5.74) is 9.86. The summed E-state index contributed by atoms with van der Waals surface area (Å²) in [5.74, 6) is 0. The van der Waals surface area contributed by atoms with Crippen LogP contribution in [0.4, 0.5) is 0 Å². The van der Waals surface area contributed by atoms with Crippen LogP contribution in [0.25, 0.3) is 0 Å². The smallest absolute Gasteiger partial charge is 0.0357 e. The van der Waals surface area contributed by atoms with E-state index in [4.69, 9.17) is 5.73 Å². The minimum absolute atomic E-state index is 0.176. The van der Waals surface area contributed by atoms with Gasteiger partial charge in [-0.15, -0.1) is 0 Å². The summed E-state index contributed by atoms with van der Waals surface area (Å²) in [6, 6.07) is 8.91. The van der Waals surface area contributed by atoms with Crippen LogP contribution in [-0.2, 0) is 12.8 Å². The van der Waals surface area contributed by atoms with Crippen molar-refractivity contribution < 1.29 is 0 Å². The van der Waals surface area contributed by atoms with Crippen LogP contribution in [0.5, 0.6) is 0 Å². The van der Waals surface area contributed by atoms with Crippen LogP contribution in [0.15, 0.2) is 24.3 Å². The molecule has 1 unspecified atom stereocenters. The largest absolute Gasteiger partial charge is 0.329 e. The lowest BCUT2D eigenvalue weighted by atomic mass is 9.82. The highest BCUT2D eigenvalue weighted by atomic mass is 15.2. The van der Waals surface area contributed by atoms with E-state index in [1.807, 2.05) is 0 Å². The molecule has 0 amide bonds. The van der Waals surface area contributed by atoms with Crippen molar-refractivity contribution in [1.82, 2.24) is 4.90 Å². The standard InChI is InChI=1S/C17H26N2/c1-16(9-10-16)17(2,13-18)19-11-7-14-5-3-4-6-15(14)8-12-19/h3-6H,7-13,18H2,1-2H3. The summed E-state index contributed by atoms with van der Waals surface area (Å²) in [6.45, 7) is 7.88. The number of nitrogens with zero attached hydrogens (tertiary/aromatic N) is 1. The normalized spacial score (nSPS) is 25.2. The molecule has 2 nitrogen and oxygen atoms in total. The molecule has 1 atom stereocenters. The molecule has 0 aromatic heterocycles. The van der Waals surface area contributed by atoms with E-state index in [-0.39, 0.29) is 5.54 Å². The Labute approximate surface area is 117 Å². The van der Waals surface area contributed by atoms with E-state index in [2.05, 4.69) is 43.0 Å². The Morgan fingerprint density at radius 3 is 2.11 bits per heavy atom. The molecule has 19 heavy (non-hydrogen) atoms. The Morgan fingerprint density at radius 1 is 1.16 bits per heavy atom. The summed E-state index contributed by atoms with van der Waals surface area (Å²) >= 11 is 0. The molecule has 1 aliphatic carbocycles. The Kier molecular flexibility index (Phi) is 3.18. The van der Waals surface area contributed by atoms with Gasteiger partial charge >= 0.3 is 0 Å². The fourth-order valence-electron chi connectivity index (χ4n) is 3.64. The Balaban J connectivity index is 1.81. The van der Waals surface area contributed by atoms with Crippen molar-refractivity contribution >= 4 is 0 Å². The van der Waals surface area contributed by atoms with Crippen LogP contribution in [0, 0.1) is 5.41 Å². The Morgan fingerprint density at radius 2 is 1.68 bits per heavy atom. The molecule has 1 aliphatic heterocycles. The monoisotopic (exact) mass is 258 g/mol. The highest BCUT2D eigenvalue weighted by molar-refractivity contribution is 5.29. The maximum atomic E-state index is 6.18. The molecule has 2 N–H and O–H groups in total. The predicted molar refractivity (Wildman–Crippen MR) is 80.2 cm³/mol. The predicted octanol–water partition coefficient (Wildman–Crippen LogP) is 2.60. The van der Waals surface area contributed by atoms with Crippen molar-refractivity contribution in [2.24, 2.45) is 11.1 Å². The zero-order chi connectivity index (χ0) is 13.5. The number of hydrogen-bond acceptors (Lipinski definition) is 2. The maximum absolute atomic E-state index is 6.18. The molecular weight excluding hydrogens is 232 g/mol. The van der Waals surface area contributed by atoms with Gasteiger partial charge in [0.2, 0.25) is 0 Å². The third-order valence-electron chi connectivity index (χ3n) is 5.82. The average Bonchev–Trinajstić information content (AvgIpc) is 3.21. The van der Waals surface area contributed by atoms with E-state index in [1.54, 1.807) is 0 Å². The van der Waals surface area contributed by atoms with Gasteiger partial charge in [0.05, 0.1) is 0 Å². The third kappa shape index (κ3) is 2.11. The van der Waals surface area contributed by atoms with Gasteiger partial charge in [0, 0.05) is 25.2 Å². The first-order chi connectivity index (χ1) is 9.09. The summed E-state index contributed by atoms with van der Waals surface area (Å²) in [6.07, 6.45) is 5.01. The lowest BCUT2D eigenvalue weighted by Gasteiger charge is -2.45. The molecule has 3 rings (SSSR count). The zero-order valence-electron chi connectivity index (χ0n) is 12.3. The van der Waals surface area contributed by atoms with Crippen molar-refractivity contribution in [3.05, 3.63) is 35.4 Å². The number of fused-ring (bicyclic) bond motifs is 1. The molecule has 1 fully saturated rings. The minimum Gasteiger partial charge on any atom is -0.329 e. The quantitative estimate of drug-likeness (QED) is 0.903. The van der Waals surface area contributed by atoms with Gasteiger partial charge in [-0.25, -0.2) is 0 Å². The van der Waals surface area contributed by atoms with Crippen molar-refractivity contribution in [2.75, 3.05) is 19.6 Å². The average molecular weight is 258 g/mol. The molecule has 1 saturated carbocycles. The van der Waals surface area contributed by atoms with Gasteiger partial charge in [-0.3, -0.25) is 4.90 Å². The molecule has 2 aliphatic rings. The molecule has 1 aromatic rings. The summed E-state index contributed by atoms with van der Waals surface area (Å²) in [5, 5.41) is 0. The highest BCUT2D eigenvalue weighted by Gasteiger charge is 2.54. The second-order valence-corrected chi connectivity index (χ2v) is 6.79. The molecule has 0 radical (unpaired) electrons. The molecule has 2 heteroatoms. The maximum Gasteiger partial charge on any atom is 0.0357 e. The van der Waals surface area contributed by atoms with Gasteiger partial charge in [0.25, 0.3) is 0 Å². The molecule has 1 aromatic carbocycles. The van der Waals surface area contributed by atoms with Gasteiger partial charge in [0.15, 0.2) is 0 Å². The Hall–Kier alpha value is -0.860. The van der Waals surface area contributed by atoms with Crippen molar-refractivity contribution in [3.8, 4) is 0 Å². The van der Waals surface area contributed by atoms with Crippen LogP contribution in [-0.4, -0.2) is 30.1 Å². The van der Waals surface area contributed by atoms with Gasteiger partial charge in [0.1, 0.15) is 0 Å². The second kappa shape index (κ2) is 4.60. The first kappa shape index (κ1) is 13.1. The van der Waals surface area contributed by atoms with Crippen LogP contribution >= 0.6 is 0 Å². The summed E-state index contributed by atoms with van der Waals surface area (Å²) < 4.78 is 0. The Bertz CT molecular complexity index is 437. The van der Waals surface area contributed by atoms with E-state index in [9.17, 15) is 0 Å². The topological polar surface area (TPSA) is 29.3 Å². The lowest BCUT2D eigenvalue weighted by molar-refractivity contribution is 0.0514. The first-order valence-corrected chi connectivity index (χ1v) is 7.61. The summed E-state index contributed by atoms with van der Waals surface area (Å²) in [4.78, 5) is 2.67. The molecular formula is C17H26N2. The lowest BCUT2D eigenvalue weighted by Crippen LogP contribution is -2.57. The zero-order valence-corrected chi connectivity index (χ0v) is 12.3. The highest BCUT2D eigenvalue weighted by Crippen LogP contribution is 2.55. The number of benzene rings is 1. The van der Waals surface area contributed by atoms with E-state index in [1.165, 1.54) is 36.8 Å². The van der Waals surface area contributed by atoms with E-state index < -0.39 is 0 Å². The van der Waals surface area contributed by atoms with Crippen LogP contribution in [0.1, 0.15) is 37.8 Å². The molecule has 0 saturated heterocycles. The van der Waals surface area contributed by atoms with Crippen LogP contribution in [0.2, 0.25) is 0 Å². The number of hydrogen-bond donors (Lipinski definition) is 1. The van der Waals surface area contributed by atoms with Gasteiger partial charge < -0.3 is 5.73 Å². The van der Waals surface area contributed by atoms with Crippen LogP contribution in [0.3, 0.4) is 0 Å². The minimum atomic E-state index is 0.176. The van der Waals surface area contributed by atoms with Gasteiger partial charge in [-0.05, 0) is 49.1 Å². The van der Waals surface area contributed by atoms with E-state index >= 15 is 0 Å². The first-order valence-electron chi connectivity index (χ1n) is 7.61.